The highest BCUT2D eigenvalue weighted by molar-refractivity contribution is 5.97. The van der Waals surface area contributed by atoms with Gasteiger partial charge in [0.1, 0.15) is 5.82 Å². The number of carbonyl (C=O) groups is 1. The van der Waals surface area contributed by atoms with Crippen LogP contribution in [0.3, 0.4) is 0 Å². The average molecular weight is 278 g/mol. The van der Waals surface area contributed by atoms with Gasteiger partial charge < -0.3 is 0 Å². The molecule has 1 atom stereocenters. The number of ketones is 1. The van der Waals surface area contributed by atoms with Crippen molar-refractivity contribution >= 4 is 5.78 Å². The highest BCUT2D eigenvalue weighted by Crippen LogP contribution is 2.35. The van der Waals surface area contributed by atoms with Crippen LogP contribution in [0.5, 0.6) is 0 Å². The largest absolute Gasteiger partial charge is 0.294 e. The van der Waals surface area contributed by atoms with E-state index in [-0.39, 0.29) is 11.7 Å². The molecular weight excluding hydrogens is 260 g/mol. The Morgan fingerprint density at radius 3 is 2.90 bits per heavy atom. The van der Waals surface area contributed by atoms with Gasteiger partial charge in [0.2, 0.25) is 0 Å². The van der Waals surface area contributed by atoms with E-state index in [2.05, 4.69) is 29.2 Å². The molecule has 1 heterocycles. The molecule has 21 heavy (non-hydrogen) atoms. The maximum atomic E-state index is 11.9. The second-order valence-electron chi connectivity index (χ2n) is 6.01. The Balaban J connectivity index is 1.77. The summed E-state index contributed by atoms with van der Waals surface area (Å²) in [4.78, 5) is 21.2. The molecule has 106 valence electrons. The van der Waals surface area contributed by atoms with E-state index in [0.717, 1.165) is 42.8 Å². The van der Waals surface area contributed by atoms with Crippen molar-refractivity contribution in [3.05, 3.63) is 58.7 Å². The van der Waals surface area contributed by atoms with Crippen LogP contribution in [-0.4, -0.2) is 15.8 Å². The van der Waals surface area contributed by atoms with Gasteiger partial charge in [0, 0.05) is 18.5 Å². The lowest BCUT2D eigenvalue weighted by molar-refractivity contribution is 0.0971. The van der Waals surface area contributed by atoms with E-state index in [9.17, 15) is 4.79 Å². The summed E-state index contributed by atoms with van der Waals surface area (Å²) >= 11 is 0. The van der Waals surface area contributed by atoms with Crippen LogP contribution in [0.1, 0.15) is 64.6 Å². The molecule has 0 fully saturated rings. The van der Waals surface area contributed by atoms with E-state index in [0.29, 0.717) is 6.42 Å². The number of rotatable bonds is 1. The molecule has 3 heteroatoms. The third kappa shape index (κ3) is 2.17. The number of nitrogens with zero attached hydrogens (tertiary/aromatic N) is 2. The Kier molecular flexibility index (Phi) is 3.06. The first-order chi connectivity index (χ1) is 10.3. The van der Waals surface area contributed by atoms with E-state index in [1.807, 2.05) is 0 Å². The Hall–Kier alpha value is -2.03. The SMILES string of the molecule is O=C1CCCc2nc(C3CCCc4ccccc43)ncc21. The van der Waals surface area contributed by atoms with Gasteiger partial charge in [0.15, 0.2) is 5.78 Å². The molecule has 1 aromatic carbocycles. The van der Waals surface area contributed by atoms with Gasteiger partial charge in [0.05, 0.1) is 11.3 Å². The lowest BCUT2D eigenvalue weighted by Crippen LogP contribution is -2.18. The highest BCUT2D eigenvalue weighted by Gasteiger charge is 2.26. The van der Waals surface area contributed by atoms with Crippen LogP contribution in [0.2, 0.25) is 0 Å². The average Bonchev–Trinajstić information content (AvgIpc) is 2.54. The topological polar surface area (TPSA) is 42.9 Å². The quantitative estimate of drug-likeness (QED) is 0.802. The van der Waals surface area contributed by atoms with Crippen LogP contribution in [0.4, 0.5) is 0 Å². The molecule has 0 N–H and O–H groups in total. The first-order valence-electron chi connectivity index (χ1n) is 7.80. The summed E-state index contributed by atoms with van der Waals surface area (Å²) in [6.07, 6.45) is 7.66. The first-order valence-corrected chi connectivity index (χ1v) is 7.80. The maximum Gasteiger partial charge on any atom is 0.166 e. The molecule has 2 aromatic rings. The van der Waals surface area contributed by atoms with Gasteiger partial charge in [-0.05, 0) is 43.2 Å². The number of aromatic nitrogens is 2. The molecule has 1 unspecified atom stereocenters. The second-order valence-corrected chi connectivity index (χ2v) is 6.01. The Morgan fingerprint density at radius 2 is 1.95 bits per heavy atom. The molecule has 4 rings (SSSR count). The summed E-state index contributed by atoms with van der Waals surface area (Å²) in [5.74, 6) is 1.39. The fraction of sp³-hybridized carbons (Fsp3) is 0.389. The minimum Gasteiger partial charge on any atom is -0.294 e. The monoisotopic (exact) mass is 278 g/mol. The van der Waals surface area contributed by atoms with Gasteiger partial charge >= 0.3 is 0 Å². The van der Waals surface area contributed by atoms with Gasteiger partial charge in [0.25, 0.3) is 0 Å². The zero-order valence-electron chi connectivity index (χ0n) is 12.0. The molecule has 1 aromatic heterocycles. The van der Waals surface area contributed by atoms with Crippen LogP contribution in [-0.2, 0) is 12.8 Å². The number of hydrogen-bond donors (Lipinski definition) is 0. The van der Waals surface area contributed by atoms with Gasteiger partial charge in [-0.2, -0.15) is 0 Å². The highest BCUT2D eigenvalue weighted by atomic mass is 16.1. The van der Waals surface area contributed by atoms with Crippen molar-refractivity contribution in [3.63, 3.8) is 0 Å². The van der Waals surface area contributed by atoms with E-state index in [1.54, 1.807) is 6.20 Å². The zero-order chi connectivity index (χ0) is 14.2. The molecule has 0 amide bonds. The molecule has 0 bridgehead atoms. The molecule has 3 nitrogen and oxygen atoms in total. The van der Waals surface area contributed by atoms with Crippen LogP contribution in [0.25, 0.3) is 0 Å². The summed E-state index contributed by atoms with van der Waals surface area (Å²) in [6.45, 7) is 0. The van der Waals surface area contributed by atoms with E-state index >= 15 is 0 Å². The lowest BCUT2D eigenvalue weighted by atomic mass is 9.82. The van der Waals surface area contributed by atoms with Crippen LogP contribution in [0.15, 0.2) is 30.5 Å². The van der Waals surface area contributed by atoms with Crippen LogP contribution in [0, 0.1) is 0 Å². The number of aryl methyl sites for hydroxylation is 2. The maximum absolute atomic E-state index is 11.9. The predicted octanol–water partition coefficient (Wildman–Crippen LogP) is 3.46. The van der Waals surface area contributed by atoms with Crippen molar-refractivity contribution < 1.29 is 4.79 Å². The van der Waals surface area contributed by atoms with Crippen molar-refractivity contribution in [2.75, 3.05) is 0 Å². The Morgan fingerprint density at radius 1 is 1.05 bits per heavy atom. The Bertz CT molecular complexity index is 708. The third-order valence-corrected chi connectivity index (χ3v) is 4.69. The van der Waals surface area contributed by atoms with Crippen LogP contribution >= 0.6 is 0 Å². The standard InChI is InChI=1S/C18H18N2O/c21-17-10-4-9-16-15(17)11-19-18(20-16)14-8-3-6-12-5-1-2-7-13(12)14/h1-2,5,7,11,14H,3-4,6,8-10H2. The summed E-state index contributed by atoms with van der Waals surface area (Å²) in [5.41, 5.74) is 4.49. The fourth-order valence-electron chi connectivity index (χ4n) is 3.60. The summed E-state index contributed by atoms with van der Waals surface area (Å²) in [5, 5.41) is 0. The Labute approximate surface area is 124 Å². The van der Waals surface area contributed by atoms with Gasteiger partial charge in [-0.3, -0.25) is 4.79 Å². The zero-order valence-corrected chi connectivity index (χ0v) is 12.0. The van der Waals surface area contributed by atoms with Gasteiger partial charge in [-0.1, -0.05) is 24.3 Å². The van der Waals surface area contributed by atoms with E-state index in [4.69, 9.17) is 4.98 Å². The normalized spacial score (nSPS) is 20.8. The van der Waals surface area contributed by atoms with Crippen molar-refractivity contribution in [1.29, 1.82) is 0 Å². The second kappa shape index (κ2) is 5.06. The van der Waals surface area contributed by atoms with Gasteiger partial charge in [-0.25, -0.2) is 9.97 Å². The molecule has 2 aliphatic rings. The fourth-order valence-corrected chi connectivity index (χ4v) is 3.60. The molecular formula is C18H18N2O. The predicted molar refractivity (Wildman–Crippen MR) is 80.5 cm³/mol. The molecule has 2 aliphatic carbocycles. The van der Waals surface area contributed by atoms with Crippen molar-refractivity contribution in [3.8, 4) is 0 Å². The molecule has 0 aliphatic heterocycles. The van der Waals surface area contributed by atoms with Crippen molar-refractivity contribution in [1.82, 2.24) is 9.97 Å². The minimum absolute atomic E-state index is 0.201. The number of benzene rings is 1. The number of carbonyl (C=O) groups excluding carboxylic acids is 1. The third-order valence-electron chi connectivity index (χ3n) is 4.69. The molecule has 0 spiro atoms. The summed E-state index contributed by atoms with van der Waals surface area (Å²) < 4.78 is 0. The lowest BCUT2D eigenvalue weighted by Gasteiger charge is -2.25. The molecule has 0 radical (unpaired) electrons. The summed E-state index contributed by atoms with van der Waals surface area (Å²) in [7, 11) is 0. The van der Waals surface area contributed by atoms with Crippen molar-refractivity contribution in [2.24, 2.45) is 0 Å². The summed E-state index contributed by atoms with van der Waals surface area (Å²) in [6, 6.07) is 8.61. The van der Waals surface area contributed by atoms with Crippen molar-refractivity contribution in [2.45, 2.75) is 44.4 Å². The van der Waals surface area contributed by atoms with Gasteiger partial charge in [-0.15, -0.1) is 0 Å². The number of Topliss-reactive ketones (excluding diaryl/α,β-unsaturated/α-hetero) is 1. The smallest absolute Gasteiger partial charge is 0.166 e. The number of fused-ring (bicyclic) bond motifs is 2. The van der Waals surface area contributed by atoms with E-state index < -0.39 is 0 Å². The minimum atomic E-state index is 0.201. The van der Waals surface area contributed by atoms with Crippen LogP contribution < -0.4 is 0 Å². The number of hydrogen-bond acceptors (Lipinski definition) is 3. The first kappa shape index (κ1) is 12.7. The van der Waals surface area contributed by atoms with E-state index in [1.165, 1.54) is 17.5 Å². The molecule has 0 saturated heterocycles. The molecule has 0 saturated carbocycles.